The molecule has 0 bridgehead atoms. The average Bonchev–Trinajstić information content (AvgIpc) is 3.10. The SMILES string of the molecule is Cc1cn2c(n1)CC[C@@H](NC(=O)c1ccc3c(c1)COC3)C2. The Morgan fingerprint density at radius 3 is 3.14 bits per heavy atom. The summed E-state index contributed by atoms with van der Waals surface area (Å²) in [6.07, 6.45) is 3.91. The quantitative estimate of drug-likeness (QED) is 0.922. The number of carbonyl (C=O) groups is 1. The van der Waals surface area contributed by atoms with Crippen molar-refractivity contribution >= 4 is 5.91 Å². The fraction of sp³-hybridized carbons (Fsp3) is 0.412. The van der Waals surface area contributed by atoms with Crippen LogP contribution in [0.25, 0.3) is 0 Å². The van der Waals surface area contributed by atoms with Crippen LogP contribution in [0.4, 0.5) is 0 Å². The van der Waals surface area contributed by atoms with Gasteiger partial charge in [0.25, 0.3) is 5.91 Å². The molecule has 0 unspecified atom stereocenters. The third kappa shape index (κ3) is 2.41. The molecule has 5 nitrogen and oxygen atoms in total. The molecule has 4 rings (SSSR count). The van der Waals surface area contributed by atoms with Crippen molar-refractivity contribution in [1.82, 2.24) is 14.9 Å². The molecule has 22 heavy (non-hydrogen) atoms. The van der Waals surface area contributed by atoms with Crippen LogP contribution in [0, 0.1) is 6.92 Å². The number of amides is 1. The van der Waals surface area contributed by atoms with Crippen molar-refractivity contribution in [1.29, 1.82) is 0 Å². The molecule has 2 aliphatic rings. The van der Waals surface area contributed by atoms with Gasteiger partial charge in [0.1, 0.15) is 5.82 Å². The van der Waals surface area contributed by atoms with E-state index in [-0.39, 0.29) is 11.9 Å². The van der Waals surface area contributed by atoms with Gasteiger partial charge in [0.05, 0.1) is 18.9 Å². The maximum atomic E-state index is 12.5. The lowest BCUT2D eigenvalue weighted by Gasteiger charge is -2.24. The number of benzene rings is 1. The highest BCUT2D eigenvalue weighted by Crippen LogP contribution is 2.21. The number of hydrogen-bond donors (Lipinski definition) is 1. The van der Waals surface area contributed by atoms with Crippen LogP contribution in [0.15, 0.2) is 24.4 Å². The van der Waals surface area contributed by atoms with Gasteiger partial charge < -0.3 is 14.6 Å². The Balaban J connectivity index is 1.46. The van der Waals surface area contributed by atoms with Gasteiger partial charge in [-0.05, 0) is 36.6 Å². The number of rotatable bonds is 2. The van der Waals surface area contributed by atoms with Gasteiger partial charge in [0, 0.05) is 30.8 Å². The van der Waals surface area contributed by atoms with E-state index in [1.807, 2.05) is 25.1 Å². The fourth-order valence-corrected chi connectivity index (χ4v) is 3.29. The van der Waals surface area contributed by atoms with E-state index in [0.29, 0.717) is 13.2 Å². The molecule has 1 aromatic heterocycles. The summed E-state index contributed by atoms with van der Waals surface area (Å²) in [6.45, 7) is 4.07. The number of fused-ring (bicyclic) bond motifs is 2. The highest BCUT2D eigenvalue weighted by molar-refractivity contribution is 5.94. The Bertz CT molecular complexity index is 736. The maximum Gasteiger partial charge on any atom is 0.251 e. The third-order valence-corrected chi connectivity index (χ3v) is 4.43. The first-order valence-corrected chi connectivity index (χ1v) is 7.72. The molecular weight excluding hydrogens is 278 g/mol. The summed E-state index contributed by atoms with van der Waals surface area (Å²) >= 11 is 0. The Morgan fingerprint density at radius 2 is 2.23 bits per heavy atom. The number of carbonyl (C=O) groups excluding carboxylic acids is 1. The first kappa shape index (κ1) is 13.5. The number of aromatic nitrogens is 2. The van der Waals surface area contributed by atoms with Crippen LogP contribution in [-0.2, 0) is 30.9 Å². The zero-order chi connectivity index (χ0) is 15.1. The van der Waals surface area contributed by atoms with Crippen molar-refractivity contribution in [2.45, 2.75) is 45.6 Å². The number of imidazole rings is 1. The van der Waals surface area contributed by atoms with Crippen molar-refractivity contribution in [3.8, 4) is 0 Å². The molecule has 3 heterocycles. The lowest BCUT2D eigenvalue weighted by molar-refractivity contribution is 0.0927. The standard InChI is InChI=1S/C17H19N3O2/c1-11-7-20-8-15(4-5-16(20)18-11)19-17(21)12-2-3-13-9-22-10-14(13)6-12/h2-3,6-7,15H,4-5,8-10H2,1H3,(H,19,21)/t15-/m1/s1. The van der Waals surface area contributed by atoms with Crippen molar-refractivity contribution < 1.29 is 9.53 Å². The van der Waals surface area contributed by atoms with Crippen LogP contribution in [0.2, 0.25) is 0 Å². The Morgan fingerprint density at radius 1 is 1.36 bits per heavy atom. The predicted octanol–water partition coefficient (Wildman–Crippen LogP) is 1.97. The number of hydrogen-bond acceptors (Lipinski definition) is 3. The summed E-state index contributed by atoms with van der Waals surface area (Å²) in [4.78, 5) is 17.0. The zero-order valence-corrected chi connectivity index (χ0v) is 12.6. The van der Waals surface area contributed by atoms with Crippen molar-refractivity contribution in [3.05, 3.63) is 52.6 Å². The molecule has 2 aliphatic heterocycles. The number of nitrogens with one attached hydrogen (secondary N) is 1. The van der Waals surface area contributed by atoms with Gasteiger partial charge in [-0.15, -0.1) is 0 Å². The average molecular weight is 297 g/mol. The summed E-state index contributed by atoms with van der Waals surface area (Å²) in [5, 5.41) is 3.15. The fourth-order valence-electron chi connectivity index (χ4n) is 3.29. The van der Waals surface area contributed by atoms with E-state index in [9.17, 15) is 4.79 Å². The second-order valence-electron chi connectivity index (χ2n) is 6.14. The monoisotopic (exact) mass is 297 g/mol. The Kier molecular flexibility index (Phi) is 3.22. The van der Waals surface area contributed by atoms with Crippen molar-refractivity contribution in [2.75, 3.05) is 0 Å². The normalized spacial score (nSPS) is 19.6. The van der Waals surface area contributed by atoms with Crippen molar-refractivity contribution in [2.24, 2.45) is 0 Å². The molecule has 0 fully saturated rings. The molecular formula is C17H19N3O2. The van der Waals surface area contributed by atoms with E-state index < -0.39 is 0 Å². The topological polar surface area (TPSA) is 56.2 Å². The minimum atomic E-state index is -0.0000118. The smallest absolute Gasteiger partial charge is 0.251 e. The molecule has 0 saturated heterocycles. The Labute approximate surface area is 129 Å². The van der Waals surface area contributed by atoms with E-state index >= 15 is 0 Å². The molecule has 2 aromatic rings. The Hall–Kier alpha value is -2.14. The summed E-state index contributed by atoms with van der Waals surface area (Å²) in [6, 6.07) is 6.00. The maximum absolute atomic E-state index is 12.5. The second-order valence-corrected chi connectivity index (χ2v) is 6.14. The largest absolute Gasteiger partial charge is 0.372 e. The first-order chi connectivity index (χ1) is 10.7. The molecule has 0 radical (unpaired) electrons. The van der Waals surface area contributed by atoms with Gasteiger partial charge in [-0.1, -0.05) is 6.07 Å². The van der Waals surface area contributed by atoms with Crippen LogP contribution < -0.4 is 5.32 Å². The summed E-state index contributed by atoms with van der Waals surface area (Å²) in [7, 11) is 0. The van der Waals surface area contributed by atoms with Gasteiger partial charge in [0.15, 0.2) is 0 Å². The van der Waals surface area contributed by atoms with Gasteiger partial charge in [-0.3, -0.25) is 4.79 Å². The highest BCUT2D eigenvalue weighted by atomic mass is 16.5. The summed E-state index contributed by atoms with van der Waals surface area (Å²) < 4.78 is 7.55. The van der Waals surface area contributed by atoms with Crippen LogP contribution in [-0.4, -0.2) is 21.5 Å². The predicted molar refractivity (Wildman–Crippen MR) is 81.5 cm³/mol. The minimum Gasteiger partial charge on any atom is -0.372 e. The third-order valence-electron chi connectivity index (χ3n) is 4.43. The van der Waals surface area contributed by atoms with E-state index in [2.05, 4.69) is 21.1 Å². The van der Waals surface area contributed by atoms with Crippen LogP contribution in [0.1, 0.15) is 39.4 Å². The second kappa shape index (κ2) is 5.25. The van der Waals surface area contributed by atoms with Gasteiger partial charge in [0.2, 0.25) is 0 Å². The van der Waals surface area contributed by atoms with E-state index in [4.69, 9.17) is 4.74 Å². The van der Waals surface area contributed by atoms with Gasteiger partial charge in [-0.25, -0.2) is 4.98 Å². The number of ether oxygens (including phenoxy) is 1. The van der Waals surface area contributed by atoms with E-state index in [1.165, 1.54) is 5.56 Å². The summed E-state index contributed by atoms with van der Waals surface area (Å²) in [5.41, 5.74) is 4.08. The number of nitrogens with zero attached hydrogens (tertiary/aromatic N) is 2. The van der Waals surface area contributed by atoms with Gasteiger partial charge in [-0.2, -0.15) is 0 Å². The molecule has 114 valence electrons. The number of aryl methyl sites for hydroxylation is 2. The lowest BCUT2D eigenvalue weighted by Crippen LogP contribution is -2.40. The van der Waals surface area contributed by atoms with Crippen molar-refractivity contribution in [3.63, 3.8) is 0 Å². The molecule has 0 aliphatic carbocycles. The molecule has 5 heteroatoms. The molecule has 1 N–H and O–H groups in total. The molecule has 0 spiro atoms. The molecule has 0 saturated carbocycles. The first-order valence-electron chi connectivity index (χ1n) is 7.72. The van der Waals surface area contributed by atoms with Crippen LogP contribution in [0.5, 0.6) is 0 Å². The van der Waals surface area contributed by atoms with E-state index in [1.54, 1.807) is 0 Å². The zero-order valence-electron chi connectivity index (χ0n) is 12.6. The summed E-state index contributed by atoms with van der Waals surface area (Å²) in [5.74, 6) is 1.12. The molecule has 1 aromatic carbocycles. The molecule has 1 atom stereocenters. The van der Waals surface area contributed by atoms with E-state index in [0.717, 1.165) is 42.0 Å². The van der Waals surface area contributed by atoms with Crippen LogP contribution in [0.3, 0.4) is 0 Å². The molecule has 1 amide bonds. The highest BCUT2D eigenvalue weighted by Gasteiger charge is 2.22. The van der Waals surface area contributed by atoms with Crippen LogP contribution >= 0.6 is 0 Å². The lowest BCUT2D eigenvalue weighted by atomic mass is 10.0. The minimum absolute atomic E-state index is 0.0000118. The van der Waals surface area contributed by atoms with Gasteiger partial charge >= 0.3 is 0 Å².